The first-order valence-electron chi connectivity index (χ1n) is 3.11. The summed E-state index contributed by atoms with van der Waals surface area (Å²) >= 11 is 0. The van der Waals surface area contributed by atoms with E-state index >= 15 is 0 Å². The monoisotopic (exact) mass is 138 g/mol. The zero-order valence-electron chi connectivity index (χ0n) is 6.06. The Morgan fingerprint density at radius 1 is 1.60 bits per heavy atom. The van der Waals surface area contributed by atoms with Crippen LogP contribution in [0.3, 0.4) is 0 Å². The predicted molar refractivity (Wildman–Crippen MR) is 38.9 cm³/mol. The maximum Gasteiger partial charge on any atom is 0.267 e. The van der Waals surface area contributed by atoms with Gasteiger partial charge >= 0.3 is 0 Å². The minimum atomic E-state index is -0.0758. The number of aromatic nitrogens is 1. The van der Waals surface area contributed by atoms with Crippen molar-refractivity contribution >= 4 is 5.91 Å². The van der Waals surface area contributed by atoms with Crippen molar-refractivity contribution in [2.24, 2.45) is 0 Å². The molecule has 0 atom stereocenters. The lowest BCUT2D eigenvalue weighted by Gasteiger charge is -1.92. The van der Waals surface area contributed by atoms with E-state index in [2.05, 4.69) is 10.3 Å². The number of amides is 1. The smallest absolute Gasteiger partial charge is 0.267 e. The molecule has 0 spiro atoms. The summed E-state index contributed by atoms with van der Waals surface area (Å²) in [4.78, 5) is 13.8. The summed E-state index contributed by atoms with van der Waals surface area (Å²) in [5.74, 6) is -0.0758. The van der Waals surface area contributed by atoms with Gasteiger partial charge in [-0.3, -0.25) is 4.79 Å². The van der Waals surface area contributed by atoms with Gasteiger partial charge < -0.3 is 10.3 Å². The predicted octanol–water partition coefficient (Wildman–Crippen LogP) is 0.683. The molecule has 1 aromatic rings. The van der Waals surface area contributed by atoms with Gasteiger partial charge in [-0.25, -0.2) is 0 Å². The zero-order chi connectivity index (χ0) is 7.56. The first-order chi connectivity index (χ1) is 4.74. The first-order valence-corrected chi connectivity index (χ1v) is 3.11. The molecule has 0 aromatic carbocycles. The second-order valence-corrected chi connectivity index (χ2v) is 2.13. The largest absolute Gasteiger partial charge is 0.355 e. The fourth-order valence-electron chi connectivity index (χ4n) is 0.771. The lowest BCUT2D eigenvalue weighted by Crippen LogP contribution is -2.17. The first kappa shape index (κ1) is 6.86. The van der Waals surface area contributed by atoms with Crippen molar-refractivity contribution in [1.29, 1.82) is 0 Å². The Labute approximate surface area is 59.4 Å². The van der Waals surface area contributed by atoms with E-state index in [9.17, 15) is 4.79 Å². The number of carbonyl (C=O) groups is 1. The minimum Gasteiger partial charge on any atom is -0.355 e. The second kappa shape index (κ2) is 2.56. The summed E-state index contributed by atoms with van der Waals surface area (Å²) in [6, 6.07) is 3.62. The van der Waals surface area contributed by atoms with Gasteiger partial charge in [0.05, 0.1) is 0 Å². The number of hydrogen-bond acceptors (Lipinski definition) is 1. The third-order valence-corrected chi connectivity index (χ3v) is 1.30. The summed E-state index contributed by atoms with van der Waals surface area (Å²) < 4.78 is 0. The fraction of sp³-hybridized carbons (Fsp3) is 0.286. The number of H-pyrrole nitrogens is 1. The number of hydrogen-bond donors (Lipinski definition) is 2. The summed E-state index contributed by atoms with van der Waals surface area (Å²) in [6.07, 6.45) is 0. The average Bonchev–Trinajstić information content (AvgIpc) is 2.34. The van der Waals surface area contributed by atoms with E-state index in [0.29, 0.717) is 5.69 Å². The van der Waals surface area contributed by atoms with Crippen LogP contribution in [0.25, 0.3) is 0 Å². The molecular formula is C7H10N2O. The molecule has 1 rings (SSSR count). The Hall–Kier alpha value is -1.25. The summed E-state index contributed by atoms with van der Waals surface area (Å²) in [7, 11) is 1.61. The van der Waals surface area contributed by atoms with Gasteiger partial charge in [0, 0.05) is 12.7 Å². The Morgan fingerprint density at radius 2 is 2.30 bits per heavy atom. The minimum absolute atomic E-state index is 0.0758. The van der Waals surface area contributed by atoms with E-state index in [1.807, 2.05) is 13.0 Å². The zero-order valence-corrected chi connectivity index (χ0v) is 6.06. The van der Waals surface area contributed by atoms with Crippen LogP contribution in [0.2, 0.25) is 0 Å². The van der Waals surface area contributed by atoms with Crippen molar-refractivity contribution in [2.45, 2.75) is 6.92 Å². The van der Waals surface area contributed by atoms with Crippen molar-refractivity contribution in [3.8, 4) is 0 Å². The Bertz CT molecular complexity index is 240. The highest BCUT2D eigenvalue weighted by Gasteiger charge is 2.02. The quantitative estimate of drug-likeness (QED) is 0.589. The number of rotatable bonds is 1. The second-order valence-electron chi connectivity index (χ2n) is 2.13. The summed E-state index contributed by atoms with van der Waals surface area (Å²) in [5, 5.41) is 2.52. The van der Waals surface area contributed by atoms with E-state index in [4.69, 9.17) is 0 Å². The van der Waals surface area contributed by atoms with E-state index in [1.54, 1.807) is 13.1 Å². The Kier molecular flexibility index (Phi) is 1.76. The molecule has 3 heteroatoms. The van der Waals surface area contributed by atoms with Gasteiger partial charge in [0.15, 0.2) is 0 Å². The van der Waals surface area contributed by atoms with Gasteiger partial charge in [0.2, 0.25) is 0 Å². The Balaban J connectivity index is 2.85. The molecule has 0 bridgehead atoms. The van der Waals surface area contributed by atoms with Crippen molar-refractivity contribution < 1.29 is 4.79 Å². The van der Waals surface area contributed by atoms with E-state index in [1.165, 1.54) is 0 Å². The highest BCUT2D eigenvalue weighted by atomic mass is 16.1. The fourth-order valence-corrected chi connectivity index (χ4v) is 0.771. The maximum atomic E-state index is 10.9. The molecule has 0 aliphatic carbocycles. The average molecular weight is 138 g/mol. The van der Waals surface area contributed by atoms with Crippen LogP contribution in [0.15, 0.2) is 12.1 Å². The molecular weight excluding hydrogens is 128 g/mol. The highest BCUT2D eigenvalue weighted by molar-refractivity contribution is 5.92. The van der Waals surface area contributed by atoms with Crippen molar-refractivity contribution in [3.05, 3.63) is 23.5 Å². The molecule has 0 fully saturated rings. The van der Waals surface area contributed by atoms with Crippen LogP contribution >= 0.6 is 0 Å². The van der Waals surface area contributed by atoms with Crippen LogP contribution in [0, 0.1) is 6.92 Å². The van der Waals surface area contributed by atoms with Crippen molar-refractivity contribution in [3.63, 3.8) is 0 Å². The molecule has 1 amide bonds. The molecule has 0 radical (unpaired) electrons. The SMILES string of the molecule is CNC(=O)c1ccc(C)[nH]1. The number of aryl methyl sites for hydroxylation is 1. The number of aromatic amines is 1. The Morgan fingerprint density at radius 3 is 2.70 bits per heavy atom. The van der Waals surface area contributed by atoms with Crippen LogP contribution < -0.4 is 5.32 Å². The van der Waals surface area contributed by atoms with Crippen LogP contribution in [0.5, 0.6) is 0 Å². The van der Waals surface area contributed by atoms with Gasteiger partial charge in [-0.1, -0.05) is 0 Å². The number of nitrogens with one attached hydrogen (secondary N) is 2. The van der Waals surface area contributed by atoms with Crippen molar-refractivity contribution in [1.82, 2.24) is 10.3 Å². The summed E-state index contributed by atoms with van der Waals surface area (Å²) in [6.45, 7) is 1.91. The normalized spacial score (nSPS) is 9.40. The summed E-state index contributed by atoms with van der Waals surface area (Å²) in [5.41, 5.74) is 1.61. The highest BCUT2D eigenvalue weighted by Crippen LogP contribution is 1.98. The van der Waals surface area contributed by atoms with E-state index < -0.39 is 0 Å². The molecule has 54 valence electrons. The number of carbonyl (C=O) groups excluding carboxylic acids is 1. The molecule has 1 aromatic heterocycles. The topological polar surface area (TPSA) is 44.9 Å². The van der Waals surface area contributed by atoms with Crippen LogP contribution in [0.1, 0.15) is 16.2 Å². The van der Waals surface area contributed by atoms with Crippen LogP contribution in [-0.2, 0) is 0 Å². The molecule has 0 saturated carbocycles. The third kappa shape index (κ3) is 1.18. The maximum absolute atomic E-state index is 10.9. The lowest BCUT2D eigenvalue weighted by atomic mass is 10.4. The van der Waals surface area contributed by atoms with Crippen LogP contribution in [0.4, 0.5) is 0 Å². The third-order valence-electron chi connectivity index (χ3n) is 1.30. The molecule has 0 unspecified atom stereocenters. The van der Waals surface area contributed by atoms with Crippen LogP contribution in [-0.4, -0.2) is 17.9 Å². The molecule has 3 nitrogen and oxygen atoms in total. The molecule has 1 heterocycles. The van der Waals surface area contributed by atoms with E-state index in [0.717, 1.165) is 5.69 Å². The standard InChI is InChI=1S/C7H10N2O/c1-5-3-4-6(9-5)7(10)8-2/h3-4,9H,1-2H3,(H,8,10). The molecule has 2 N–H and O–H groups in total. The van der Waals surface area contributed by atoms with Gasteiger partial charge in [0.1, 0.15) is 5.69 Å². The van der Waals surface area contributed by atoms with Gasteiger partial charge in [0.25, 0.3) is 5.91 Å². The molecule has 10 heavy (non-hydrogen) atoms. The van der Waals surface area contributed by atoms with Crippen molar-refractivity contribution in [2.75, 3.05) is 7.05 Å². The van der Waals surface area contributed by atoms with Gasteiger partial charge in [-0.2, -0.15) is 0 Å². The molecule has 0 saturated heterocycles. The lowest BCUT2D eigenvalue weighted by molar-refractivity contribution is 0.0958. The van der Waals surface area contributed by atoms with Gasteiger partial charge in [-0.05, 0) is 19.1 Å². The van der Waals surface area contributed by atoms with E-state index in [-0.39, 0.29) is 5.91 Å². The molecule has 0 aliphatic heterocycles. The molecule has 0 aliphatic rings. The van der Waals surface area contributed by atoms with Gasteiger partial charge in [-0.15, -0.1) is 0 Å².